The molecule has 2 aromatic carbocycles. The maximum absolute atomic E-state index is 12.0. The first-order valence-corrected chi connectivity index (χ1v) is 10.4. The number of carbonyl (C=O) groups is 1. The van der Waals surface area contributed by atoms with Gasteiger partial charge in [-0.2, -0.15) is 0 Å². The summed E-state index contributed by atoms with van der Waals surface area (Å²) < 4.78 is 21.9. The summed E-state index contributed by atoms with van der Waals surface area (Å²) in [6.45, 7) is 4.45. The van der Waals surface area contributed by atoms with Gasteiger partial charge in [0.05, 0.1) is 28.9 Å². The molecule has 1 heterocycles. The quantitative estimate of drug-likeness (QED) is 0.281. The smallest absolute Gasteiger partial charge is 0.342 e. The molecule has 0 spiro atoms. The summed E-state index contributed by atoms with van der Waals surface area (Å²) in [4.78, 5) is 12.0. The van der Waals surface area contributed by atoms with E-state index in [-0.39, 0.29) is 26.7 Å². The molecule has 0 radical (unpaired) electrons. The fraction of sp³-hybridized carbons (Fsp3) is 0.318. The Kier molecular flexibility index (Phi) is 7.13. The largest absolute Gasteiger partial charge is 0.507 e. The van der Waals surface area contributed by atoms with Gasteiger partial charge in [-0.1, -0.05) is 29.8 Å². The van der Waals surface area contributed by atoms with Crippen LogP contribution in [0, 0.1) is 6.92 Å². The molecule has 2 aromatic rings. The van der Waals surface area contributed by atoms with Gasteiger partial charge in [0, 0.05) is 11.1 Å². The number of cyclic esters (lactones) is 1. The first kappa shape index (κ1) is 21.2. The Hall–Kier alpha value is -2.56. The first-order valence-electron chi connectivity index (χ1n) is 9.29. The van der Waals surface area contributed by atoms with Crippen LogP contribution in [0.3, 0.4) is 0 Å². The number of hydrogen-bond donors (Lipinski definition) is 1. The van der Waals surface area contributed by atoms with Crippen molar-refractivity contribution in [1.29, 1.82) is 0 Å². The Morgan fingerprint density at radius 3 is 2.79 bits per heavy atom. The van der Waals surface area contributed by atoms with Crippen molar-refractivity contribution in [2.75, 3.05) is 20.1 Å². The van der Waals surface area contributed by atoms with Crippen LogP contribution in [0.1, 0.15) is 34.0 Å². The van der Waals surface area contributed by atoms with Gasteiger partial charge in [0.25, 0.3) is 0 Å². The fourth-order valence-corrected chi connectivity index (χ4v) is 3.77. The number of fused-ring (bicyclic) bond motifs is 1. The summed E-state index contributed by atoms with van der Waals surface area (Å²) in [6.07, 6.45) is 2.89. The topological polar surface area (TPSA) is 74.2 Å². The first-order chi connectivity index (χ1) is 14.0. The van der Waals surface area contributed by atoms with Crippen LogP contribution < -0.4 is 9.26 Å². The van der Waals surface area contributed by atoms with Gasteiger partial charge < -0.3 is 23.8 Å². The summed E-state index contributed by atoms with van der Waals surface area (Å²) in [6, 6.07) is 9.62. The minimum Gasteiger partial charge on any atom is -0.507 e. The van der Waals surface area contributed by atoms with Crippen LogP contribution in [0.15, 0.2) is 42.0 Å². The van der Waals surface area contributed by atoms with Crippen molar-refractivity contribution in [3.05, 3.63) is 64.2 Å². The predicted octanol–water partition coefficient (Wildman–Crippen LogP) is 4.52. The van der Waals surface area contributed by atoms with Gasteiger partial charge >= 0.3 is 5.97 Å². The predicted molar refractivity (Wildman–Crippen MR) is 112 cm³/mol. The summed E-state index contributed by atoms with van der Waals surface area (Å²) in [5.41, 5.74) is 3.35. The van der Waals surface area contributed by atoms with E-state index in [0.717, 1.165) is 16.9 Å². The Balaban J connectivity index is 1.58. The number of esters is 1. The molecule has 0 fully saturated rings. The van der Waals surface area contributed by atoms with E-state index >= 15 is 0 Å². The summed E-state index contributed by atoms with van der Waals surface area (Å²) in [7, 11) is 1.78. The van der Waals surface area contributed by atoms with Gasteiger partial charge in [-0.3, -0.25) is 0 Å². The number of rotatable bonds is 9. The van der Waals surface area contributed by atoms with Crippen LogP contribution in [0.2, 0.25) is 0 Å². The van der Waals surface area contributed by atoms with E-state index in [1.807, 2.05) is 50.3 Å². The summed E-state index contributed by atoms with van der Waals surface area (Å²) >= 11 is 0. The lowest BCUT2D eigenvalue weighted by Gasteiger charge is -2.15. The fourth-order valence-electron chi connectivity index (χ4n) is 3.22. The van der Waals surface area contributed by atoms with E-state index in [1.165, 1.54) is 0 Å². The number of ether oxygens (including phenoxy) is 3. The molecule has 6 nitrogen and oxygen atoms in total. The number of hydrogen-bond acceptors (Lipinski definition) is 6. The zero-order chi connectivity index (χ0) is 20.8. The average Bonchev–Trinajstić information content (AvgIpc) is 3.12. The number of allylic oxidation sites excluding steroid dienone is 1. The van der Waals surface area contributed by atoms with Gasteiger partial charge in [-0.25, -0.2) is 4.79 Å². The molecular weight excluding hydrogens is 391 g/mol. The van der Waals surface area contributed by atoms with Gasteiger partial charge in [0.15, 0.2) is 0 Å². The molecule has 0 aromatic heterocycles. The number of methoxy groups -OCH3 is 1. The van der Waals surface area contributed by atoms with Crippen LogP contribution in [-0.4, -0.2) is 31.1 Å². The molecule has 1 unspecified atom stereocenters. The SMILES string of the molecule is COc1c(C)c2c(c(O)c1C/C=C(\C)COCPOc1ccccc1)C(=O)OC2. The number of carbonyl (C=O) groups excluding carboxylic acids is 1. The summed E-state index contributed by atoms with van der Waals surface area (Å²) in [5, 5.41) is 10.6. The lowest BCUT2D eigenvalue weighted by Crippen LogP contribution is -2.03. The molecule has 7 heteroatoms. The van der Waals surface area contributed by atoms with E-state index in [4.69, 9.17) is 18.7 Å². The van der Waals surface area contributed by atoms with Crippen molar-refractivity contribution >= 4 is 14.8 Å². The molecule has 1 atom stereocenters. The highest BCUT2D eigenvalue weighted by molar-refractivity contribution is 7.32. The van der Waals surface area contributed by atoms with Crippen LogP contribution in [0.4, 0.5) is 0 Å². The van der Waals surface area contributed by atoms with Crippen molar-refractivity contribution in [2.45, 2.75) is 26.9 Å². The molecular formula is C22H25O6P. The van der Waals surface area contributed by atoms with E-state index in [0.29, 0.717) is 36.3 Å². The van der Waals surface area contributed by atoms with Crippen LogP contribution in [-0.2, 0) is 22.5 Å². The van der Waals surface area contributed by atoms with Gasteiger partial charge in [-0.15, -0.1) is 0 Å². The second kappa shape index (κ2) is 9.77. The zero-order valence-corrected chi connectivity index (χ0v) is 17.8. The number of phenols is 1. The van der Waals surface area contributed by atoms with Crippen molar-refractivity contribution in [2.24, 2.45) is 0 Å². The average molecular weight is 416 g/mol. The standard InChI is InChI=1S/C22H25O6P/c1-14(11-26-13-29-28-16-7-5-4-6-8-16)9-10-17-20(23)19-18(12-27-22(19)24)15(2)21(17)25-3/h4-9,23,29H,10-13H2,1-3H3/b14-9+. The Morgan fingerprint density at radius 2 is 2.07 bits per heavy atom. The molecule has 0 saturated carbocycles. The molecule has 154 valence electrons. The Labute approximate surface area is 172 Å². The highest BCUT2D eigenvalue weighted by Crippen LogP contribution is 2.42. The molecule has 1 aliphatic rings. The Bertz CT molecular complexity index is 908. The third kappa shape index (κ3) is 4.89. The van der Waals surface area contributed by atoms with Crippen molar-refractivity contribution in [1.82, 2.24) is 0 Å². The molecule has 0 saturated heterocycles. The van der Waals surface area contributed by atoms with E-state index in [1.54, 1.807) is 7.11 Å². The maximum atomic E-state index is 12.0. The Morgan fingerprint density at radius 1 is 1.31 bits per heavy atom. The lowest BCUT2D eigenvalue weighted by atomic mass is 9.95. The van der Waals surface area contributed by atoms with Gasteiger partial charge in [-0.05, 0) is 38.0 Å². The second-order valence-electron chi connectivity index (χ2n) is 6.72. The minimum absolute atomic E-state index is 0.0624. The van der Waals surface area contributed by atoms with Crippen molar-refractivity contribution in [3.63, 3.8) is 0 Å². The molecule has 1 aliphatic heterocycles. The van der Waals surface area contributed by atoms with Gasteiger partial charge in [0.2, 0.25) is 0 Å². The summed E-state index contributed by atoms with van der Waals surface area (Å²) in [5.74, 6) is 0.859. The second-order valence-corrected chi connectivity index (χ2v) is 7.50. The minimum atomic E-state index is -0.493. The van der Waals surface area contributed by atoms with E-state index in [9.17, 15) is 9.90 Å². The monoisotopic (exact) mass is 416 g/mol. The number of aromatic hydroxyl groups is 1. The number of benzene rings is 2. The third-order valence-electron chi connectivity index (χ3n) is 4.73. The van der Waals surface area contributed by atoms with E-state index < -0.39 is 5.97 Å². The zero-order valence-electron chi connectivity index (χ0n) is 16.8. The van der Waals surface area contributed by atoms with Crippen LogP contribution >= 0.6 is 8.81 Å². The molecule has 0 bridgehead atoms. The highest BCUT2D eigenvalue weighted by atomic mass is 31.1. The van der Waals surface area contributed by atoms with Crippen molar-refractivity contribution < 1.29 is 28.6 Å². The maximum Gasteiger partial charge on any atom is 0.342 e. The number of phenolic OH excluding ortho intramolecular Hbond substituents is 1. The van der Waals surface area contributed by atoms with Gasteiger partial charge in [0.1, 0.15) is 29.4 Å². The third-order valence-corrected chi connectivity index (χ3v) is 5.43. The lowest BCUT2D eigenvalue weighted by molar-refractivity contribution is 0.0533. The van der Waals surface area contributed by atoms with Crippen LogP contribution in [0.25, 0.3) is 0 Å². The molecule has 1 N–H and O–H groups in total. The molecule has 0 aliphatic carbocycles. The van der Waals surface area contributed by atoms with Crippen LogP contribution in [0.5, 0.6) is 17.2 Å². The molecule has 0 amide bonds. The molecule has 3 rings (SSSR count). The normalized spacial score (nSPS) is 13.6. The number of para-hydroxylation sites is 1. The highest BCUT2D eigenvalue weighted by Gasteiger charge is 2.31. The van der Waals surface area contributed by atoms with Crippen molar-refractivity contribution in [3.8, 4) is 17.2 Å². The van der Waals surface area contributed by atoms with E-state index in [2.05, 4.69) is 0 Å². The molecule has 29 heavy (non-hydrogen) atoms.